The van der Waals surface area contributed by atoms with Gasteiger partial charge in [-0.1, -0.05) is 58.9 Å². The number of hydrogen-bond donors (Lipinski definition) is 1. The molecule has 1 atom stereocenters. The van der Waals surface area contributed by atoms with Crippen LogP contribution >= 0.6 is 11.8 Å². The van der Waals surface area contributed by atoms with Gasteiger partial charge < -0.3 is 5.32 Å². The molecule has 1 rings (SSSR count). The number of nitrogens with one attached hydrogen (secondary N) is 1. The molecule has 0 aromatic heterocycles. The van der Waals surface area contributed by atoms with Crippen molar-refractivity contribution in [1.29, 1.82) is 5.26 Å². The van der Waals surface area contributed by atoms with Crippen molar-refractivity contribution in [2.75, 3.05) is 11.5 Å². The lowest BCUT2D eigenvalue weighted by Gasteiger charge is -2.25. The second-order valence-electron chi connectivity index (χ2n) is 6.81. The summed E-state index contributed by atoms with van der Waals surface area (Å²) in [5.74, 6) is 0.973. The molecule has 4 heteroatoms. The van der Waals surface area contributed by atoms with Crippen molar-refractivity contribution in [1.82, 2.24) is 5.32 Å². The topological polar surface area (TPSA) is 52.9 Å². The lowest BCUT2D eigenvalue weighted by atomic mass is 9.85. The Hall–Kier alpha value is -1.47. The Balaban J connectivity index is 2.79. The lowest BCUT2D eigenvalue weighted by Crippen LogP contribution is -2.33. The minimum absolute atomic E-state index is 0.00389. The van der Waals surface area contributed by atoms with E-state index >= 15 is 0 Å². The molecular weight excluding hydrogens is 292 g/mol. The molecule has 0 heterocycles. The van der Waals surface area contributed by atoms with Gasteiger partial charge in [0, 0.05) is 0 Å². The highest BCUT2D eigenvalue weighted by molar-refractivity contribution is 8.00. The Morgan fingerprint density at radius 1 is 1.27 bits per heavy atom. The lowest BCUT2D eigenvalue weighted by molar-refractivity contribution is -0.119. The van der Waals surface area contributed by atoms with Gasteiger partial charge in [0.2, 0.25) is 5.91 Å². The molecule has 0 aliphatic carbocycles. The number of rotatable bonds is 6. The summed E-state index contributed by atoms with van der Waals surface area (Å²) in [6.45, 7) is 10.8. The monoisotopic (exact) mass is 318 g/mol. The van der Waals surface area contributed by atoms with Crippen molar-refractivity contribution in [2.24, 2.45) is 5.92 Å². The zero-order chi connectivity index (χ0) is 16.8. The highest BCUT2D eigenvalue weighted by Crippen LogP contribution is 2.26. The number of thioether (sulfide) groups is 1. The van der Waals surface area contributed by atoms with Gasteiger partial charge >= 0.3 is 0 Å². The van der Waals surface area contributed by atoms with Crippen molar-refractivity contribution in [3.05, 3.63) is 35.4 Å². The third-order valence-electron chi connectivity index (χ3n) is 3.52. The molecule has 0 aliphatic rings. The maximum Gasteiger partial charge on any atom is 0.230 e. The van der Waals surface area contributed by atoms with E-state index in [0.717, 1.165) is 5.56 Å². The molecule has 0 unspecified atom stereocenters. The summed E-state index contributed by atoms with van der Waals surface area (Å²) in [4.78, 5) is 12.0. The van der Waals surface area contributed by atoms with Crippen LogP contribution in [0.25, 0.3) is 0 Å². The molecule has 0 fully saturated rings. The second kappa shape index (κ2) is 8.24. The molecule has 0 saturated carbocycles. The van der Waals surface area contributed by atoms with E-state index in [1.165, 1.54) is 17.3 Å². The summed E-state index contributed by atoms with van der Waals surface area (Å²) in [5, 5.41) is 11.6. The first-order chi connectivity index (χ1) is 10.3. The molecule has 3 nitrogen and oxygen atoms in total. The quantitative estimate of drug-likeness (QED) is 0.805. The second-order valence-corrected chi connectivity index (χ2v) is 7.80. The Bertz CT molecular complexity index is 524. The molecule has 1 aromatic carbocycles. The van der Waals surface area contributed by atoms with Crippen molar-refractivity contribution in [3.63, 3.8) is 0 Å². The minimum atomic E-state index is -0.0150. The molecule has 0 aliphatic heterocycles. The zero-order valence-corrected chi connectivity index (χ0v) is 15.0. The summed E-state index contributed by atoms with van der Waals surface area (Å²) in [7, 11) is 0. The number of amides is 1. The predicted octanol–water partition coefficient (Wildman–Crippen LogP) is 4.05. The van der Waals surface area contributed by atoms with Gasteiger partial charge in [0.15, 0.2) is 0 Å². The van der Waals surface area contributed by atoms with Crippen LogP contribution in [0.2, 0.25) is 0 Å². The van der Waals surface area contributed by atoms with E-state index in [0.29, 0.717) is 17.4 Å². The van der Waals surface area contributed by atoms with E-state index in [1.54, 1.807) is 0 Å². The van der Waals surface area contributed by atoms with Gasteiger partial charge in [-0.15, -0.1) is 11.8 Å². The van der Waals surface area contributed by atoms with Gasteiger partial charge in [0.05, 0.1) is 23.6 Å². The molecule has 1 amide bonds. The predicted molar refractivity (Wildman–Crippen MR) is 93.8 cm³/mol. The third kappa shape index (κ3) is 5.73. The summed E-state index contributed by atoms with van der Waals surface area (Å²) in [5.41, 5.74) is 2.54. The molecule has 22 heavy (non-hydrogen) atoms. The first-order valence-corrected chi connectivity index (χ1v) is 8.75. The SMILES string of the molecule is CC(C)[C@@H](NC(=O)CSCC#N)c1ccc(C(C)(C)C)cc1. The molecule has 0 spiro atoms. The van der Waals surface area contributed by atoms with Crippen LogP contribution in [-0.4, -0.2) is 17.4 Å². The minimum Gasteiger partial charge on any atom is -0.348 e. The molecule has 120 valence electrons. The standard InChI is InChI=1S/C18H26N2OS/c1-13(2)17(20-16(21)12-22-11-10-19)14-6-8-15(9-7-14)18(3,4)5/h6-9,13,17H,11-12H2,1-5H3,(H,20,21)/t17-/m1/s1. The van der Waals surface area contributed by atoms with Crippen LogP contribution in [0.5, 0.6) is 0 Å². The number of nitrogens with zero attached hydrogens (tertiary/aromatic N) is 1. The van der Waals surface area contributed by atoms with Gasteiger partial charge in [0.1, 0.15) is 0 Å². The van der Waals surface area contributed by atoms with E-state index in [4.69, 9.17) is 5.26 Å². The Morgan fingerprint density at radius 2 is 1.86 bits per heavy atom. The third-order valence-corrected chi connectivity index (χ3v) is 4.32. The normalized spacial score (nSPS) is 12.8. The smallest absolute Gasteiger partial charge is 0.230 e. The van der Waals surface area contributed by atoms with Gasteiger partial charge in [-0.2, -0.15) is 5.26 Å². The first-order valence-electron chi connectivity index (χ1n) is 7.60. The fourth-order valence-electron chi connectivity index (χ4n) is 2.23. The van der Waals surface area contributed by atoms with E-state index in [2.05, 4.69) is 64.2 Å². The van der Waals surface area contributed by atoms with Crippen LogP contribution in [0.15, 0.2) is 24.3 Å². The molecule has 1 N–H and O–H groups in total. The van der Waals surface area contributed by atoms with Crippen LogP contribution in [0.3, 0.4) is 0 Å². The average molecular weight is 318 g/mol. The van der Waals surface area contributed by atoms with E-state index < -0.39 is 0 Å². The van der Waals surface area contributed by atoms with E-state index in [1.807, 2.05) is 6.07 Å². The highest BCUT2D eigenvalue weighted by Gasteiger charge is 2.19. The molecule has 0 bridgehead atoms. The number of carbonyl (C=O) groups excluding carboxylic acids is 1. The largest absolute Gasteiger partial charge is 0.348 e. The van der Waals surface area contributed by atoms with Crippen LogP contribution in [0.4, 0.5) is 0 Å². The Morgan fingerprint density at radius 3 is 2.32 bits per heavy atom. The number of nitriles is 1. The van der Waals surface area contributed by atoms with Crippen LogP contribution in [0.1, 0.15) is 51.8 Å². The van der Waals surface area contributed by atoms with Crippen molar-refractivity contribution < 1.29 is 4.79 Å². The van der Waals surface area contributed by atoms with Gasteiger partial charge in [-0.05, 0) is 22.5 Å². The van der Waals surface area contributed by atoms with Crippen molar-refractivity contribution in [2.45, 2.75) is 46.1 Å². The highest BCUT2D eigenvalue weighted by atomic mass is 32.2. The summed E-state index contributed by atoms with van der Waals surface area (Å²) < 4.78 is 0. The van der Waals surface area contributed by atoms with Crippen LogP contribution in [0, 0.1) is 17.2 Å². The van der Waals surface area contributed by atoms with Gasteiger partial charge in [-0.3, -0.25) is 4.79 Å². The van der Waals surface area contributed by atoms with Gasteiger partial charge in [0.25, 0.3) is 0 Å². The summed E-state index contributed by atoms with van der Waals surface area (Å²) >= 11 is 1.34. The molecule has 0 radical (unpaired) electrons. The number of benzene rings is 1. The van der Waals surface area contributed by atoms with Gasteiger partial charge in [-0.25, -0.2) is 0 Å². The van der Waals surface area contributed by atoms with E-state index in [-0.39, 0.29) is 17.4 Å². The Kier molecular flexibility index (Phi) is 6.96. The number of hydrogen-bond acceptors (Lipinski definition) is 3. The summed E-state index contributed by atoms with van der Waals surface area (Å²) in [6.07, 6.45) is 0. The zero-order valence-electron chi connectivity index (χ0n) is 14.1. The maximum absolute atomic E-state index is 12.0. The van der Waals surface area contributed by atoms with Crippen molar-refractivity contribution >= 4 is 17.7 Å². The van der Waals surface area contributed by atoms with Crippen LogP contribution in [-0.2, 0) is 10.2 Å². The molecular formula is C18H26N2OS. The molecule has 0 saturated heterocycles. The average Bonchev–Trinajstić information content (AvgIpc) is 2.44. The number of carbonyl (C=O) groups is 1. The Labute approximate surface area is 138 Å². The first kappa shape index (κ1) is 18.6. The molecule has 1 aromatic rings. The maximum atomic E-state index is 12.0. The summed E-state index contributed by atoms with van der Waals surface area (Å²) in [6, 6.07) is 10.5. The van der Waals surface area contributed by atoms with Crippen LogP contribution < -0.4 is 5.32 Å². The fourth-order valence-corrected chi connectivity index (χ4v) is 2.69. The fraction of sp³-hybridized carbons (Fsp3) is 0.556. The van der Waals surface area contributed by atoms with E-state index in [9.17, 15) is 4.79 Å². The van der Waals surface area contributed by atoms with Crippen molar-refractivity contribution in [3.8, 4) is 6.07 Å².